The van der Waals surface area contributed by atoms with Crippen molar-refractivity contribution in [2.75, 3.05) is 0 Å². The lowest BCUT2D eigenvalue weighted by Crippen LogP contribution is -2.16. The van der Waals surface area contributed by atoms with Crippen LogP contribution in [-0.2, 0) is 0 Å². The number of rotatable bonds is 2. The highest BCUT2D eigenvalue weighted by Crippen LogP contribution is 2.42. The molecule has 0 spiro atoms. The Bertz CT molecular complexity index is 487. The van der Waals surface area contributed by atoms with E-state index >= 15 is 0 Å². The molecule has 3 heteroatoms. The third-order valence-corrected chi connectivity index (χ3v) is 3.32. The van der Waals surface area contributed by atoms with Crippen molar-refractivity contribution in [2.45, 2.75) is 25.4 Å². The van der Waals surface area contributed by atoms with E-state index in [1.54, 1.807) is 12.1 Å². The zero-order valence-corrected chi connectivity index (χ0v) is 9.70. The molecule has 1 aromatic rings. The Labute approximate surface area is 99.8 Å². The highest BCUT2D eigenvalue weighted by Gasteiger charge is 2.30. The van der Waals surface area contributed by atoms with Crippen molar-refractivity contribution in [1.29, 1.82) is 5.26 Å². The maximum absolute atomic E-state index is 9.93. The standard InChI is InChI=1S/C13H12ClNO/c1-2-12(16)13-9-5-3-4-8(7-15)10(9)6-11(13)14/h3-6,12-13,16H,2H2,1H3. The molecule has 0 heterocycles. The molecule has 0 fully saturated rings. The number of aliphatic hydroxyl groups is 1. The van der Waals surface area contributed by atoms with E-state index < -0.39 is 6.10 Å². The third kappa shape index (κ3) is 1.63. The second kappa shape index (κ2) is 4.29. The van der Waals surface area contributed by atoms with Gasteiger partial charge in [0.1, 0.15) is 0 Å². The van der Waals surface area contributed by atoms with Gasteiger partial charge in [0.05, 0.1) is 17.7 Å². The fraction of sp³-hybridized carbons (Fsp3) is 0.308. The molecular weight excluding hydrogens is 222 g/mol. The molecule has 0 bridgehead atoms. The average molecular weight is 234 g/mol. The fourth-order valence-electron chi connectivity index (χ4n) is 2.12. The van der Waals surface area contributed by atoms with Gasteiger partial charge in [-0.05, 0) is 29.7 Å². The van der Waals surface area contributed by atoms with Crippen LogP contribution in [0.2, 0.25) is 0 Å². The summed E-state index contributed by atoms with van der Waals surface area (Å²) in [4.78, 5) is 0. The molecule has 0 amide bonds. The van der Waals surface area contributed by atoms with E-state index in [-0.39, 0.29) is 5.92 Å². The van der Waals surface area contributed by atoms with Gasteiger partial charge >= 0.3 is 0 Å². The molecule has 1 aromatic carbocycles. The Balaban J connectivity index is 2.53. The first-order valence-electron chi connectivity index (χ1n) is 5.27. The summed E-state index contributed by atoms with van der Waals surface area (Å²) in [6.07, 6.45) is 1.95. The minimum absolute atomic E-state index is 0.171. The summed E-state index contributed by atoms with van der Waals surface area (Å²) in [6, 6.07) is 7.66. The largest absolute Gasteiger partial charge is 0.392 e. The van der Waals surface area contributed by atoms with E-state index in [0.717, 1.165) is 11.1 Å². The van der Waals surface area contributed by atoms with Crippen molar-refractivity contribution in [1.82, 2.24) is 0 Å². The molecule has 2 atom stereocenters. The quantitative estimate of drug-likeness (QED) is 0.854. The molecule has 0 saturated carbocycles. The highest BCUT2D eigenvalue weighted by molar-refractivity contribution is 6.33. The minimum atomic E-state index is -0.487. The Morgan fingerprint density at radius 2 is 2.31 bits per heavy atom. The van der Waals surface area contributed by atoms with Crippen molar-refractivity contribution in [3.63, 3.8) is 0 Å². The molecule has 0 saturated heterocycles. The van der Waals surface area contributed by atoms with Gasteiger partial charge in [-0.2, -0.15) is 5.26 Å². The predicted molar refractivity (Wildman–Crippen MR) is 64.0 cm³/mol. The SMILES string of the molecule is CCC(O)C1C(Cl)=Cc2c(C#N)cccc21. The number of halogens is 1. The maximum atomic E-state index is 9.93. The molecule has 1 aliphatic rings. The van der Waals surface area contributed by atoms with Gasteiger partial charge in [-0.1, -0.05) is 30.7 Å². The summed E-state index contributed by atoms with van der Waals surface area (Å²) in [5.74, 6) is -0.171. The summed E-state index contributed by atoms with van der Waals surface area (Å²) >= 11 is 6.14. The van der Waals surface area contributed by atoms with Gasteiger partial charge in [0.15, 0.2) is 0 Å². The first-order valence-corrected chi connectivity index (χ1v) is 5.65. The monoisotopic (exact) mass is 233 g/mol. The van der Waals surface area contributed by atoms with Gasteiger partial charge in [-0.3, -0.25) is 0 Å². The zero-order chi connectivity index (χ0) is 11.7. The summed E-state index contributed by atoms with van der Waals surface area (Å²) in [5, 5.41) is 19.5. The molecular formula is C13H12ClNO. The predicted octanol–water partition coefficient (Wildman–Crippen LogP) is 3.01. The number of nitrogens with zero attached hydrogens (tertiary/aromatic N) is 1. The fourth-order valence-corrected chi connectivity index (χ4v) is 2.49. The first kappa shape index (κ1) is 11.2. The van der Waals surface area contributed by atoms with Crippen LogP contribution >= 0.6 is 11.6 Å². The number of fused-ring (bicyclic) bond motifs is 1. The lowest BCUT2D eigenvalue weighted by molar-refractivity contribution is 0.154. The lowest BCUT2D eigenvalue weighted by atomic mass is 9.92. The van der Waals surface area contributed by atoms with Crippen molar-refractivity contribution in [3.05, 3.63) is 39.9 Å². The van der Waals surface area contributed by atoms with Gasteiger partial charge in [-0.15, -0.1) is 0 Å². The molecule has 2 unspecified atom stereocenters. The molecule has 16 heavy (non-hydrogen) atoms. The lowest BCUT2D eigenvalue weighted by Gasteiger charge is -2.18. The summed E-state index contributed by atoms with van der Waals surface area (Å²) in [5.41, 5.74) is 2.42. The number of aliphatic hydroxyl groups excluding tert-OH is 1. The van der Waals surface area contributed by atoms with Crippen LogP contribution in [0.3, 0.4) is 0 Å². The Hall–Kier alpha value is -1.30. The maximum Gasteiger partial charge on any atom is 0.0998 e. The number of hydrogen-bond donors (Lipinski definition) is 1. The smallest absolute Gasteiger partial charge is 0.0998 e. The van der Waals surface area contributed by atoms with Crippen LogP contribution in [0.4, 0.5) is 0 Å². The Morgan fingerprint density at radius 1 is 1.56 bits per heavy atom. The molecule has 0 aliphatic heterocycles. The second-order valence-corrected chi connectivity index (χ2v) is 4.34. The third-order valence-electron chi connectivity index (χ3n) is 2.98. The zero-order valence-electron chi connectivity index (χ0n) is 8.94. The van der Waals surface area contributed by atoms with Gasteiger partial charge in [0.2, 0.25) is 0 Å². The van der Waals surface area contributed by atoms with Crippen LogP contribution in [0.25, 0.3) is 6.08 Å². The van der Waals surface area contributed by atoms with Gasteiger partial charge < -0.3 is 5.11 Å². The van der Waals surface area contributed by atoms with Crippen LogP contribution in [0.5, 0.6) is 0 Å². The normalized spacial score (nSPS) is 19.9. The van der Waals surface area contributed by atoms with E-state index in [9.17, 15) is 5.11 Å². The van der Waals surface area contributed by atoms with Crippen LogP contribution < -0.4 is 0 Å². The van der Waals surface area contributed by atoms with E-state index in [1.165, 1.54) is 0 Å². The van der Waals surface area contributed by atoms with Gasteiger partial charge in [-0.25, -0.2) is 0 Å². The van der Waals surface area contributed by atoms with E-state index in [4.69, 9.17) is 16.9 Å². The minimum Gasteiger partial charge on any atom is -0.392 e. The Morgan fingerprint density at radius 3 is 2.94 bits per heavy atom. The first-order chi connectivity index (χ1) is 7.69. The van der Waals surface area contributed by atoms with Crippen LogP contribution in [0.1, 0.15) is 36.0 Å². The van der Waals surface area contributed by atoms with Gasteiger partial charge in [0.25, 0.3) is 0 Å². The molecule has 0 aromatic heterocycles. The summed E-state index contributed by atoms with van der Waals surface area (Å²) in [6.45, 7) is 1.92. The van der Waals surface area contributed by atoms with Crippen molar-refractivity contribution in [2.24, 2.45) is 0 Å². The molecule has 2 nitrogen and oxygen atoms in total. The van der Waals surface area contributed by atoms with Crippen LogP contribution in [0.15, 0.2) is 23.2 Å². The summed E-state index contributed by atoms with van der Waals surface area (Å²) in [7, 11) is 0. The second-order valence-electron chi connectivity index (χ2n) is 3.90. The number of benzene rings is 1. The highest BCUT2D eigenvalue weighted by atomic mass is 35.5. The summed E-state index contributed by atoms with van der Waals surface area (Å²) < 4.78 is 0. The molecule has 82 valence electrons. The van der Waals surface area contributed by atoms with Gasteiger partial charge in [0, 0.05) is 11.0 Å². The Kier molecular flexibility index (Phi) is 3.00. The van der Waals surface area contributed by atoms with Crippen LogP contribution in [0, 0.1) is 11.3 Å². The van der Waals surface area contributed by atoms with E-state index in [0.29, 0.717) is 17.0 Å². The van der Waals surface area contributed by atoms with E-state index in [1.807, 2.05) is 19.1 Å². The van der Waals surface area contributed by atoms with Crippen molar-refractivity contribution >= 4 is 17.7 Å². The average Bonchev–Trinajstić information content (AvgIpc) is 2.63. The van der Waals surface area contributed by atoms with Crippen LogP contribution in [-0.4, -0.2) is 11.2 Å². The topological polar surface area (TPSA) is 44.0 Å². The molecule has 2 rings (SSSR count). The van der Waals surface area contributed by atoms with Crippen molar-refractivity contribution in [3.8, 4) is 6.07 Å². The molecule has 1 aliphatic carbocycles. The molecule has 1 N–H and O–H groups in total. The van der Waals surface area contributed by atoms with Crippen molar-refractivity contribution < 1.29 is 5.11 Å². The van der Waals surface area contributed by atoms with E-state index in [2.05, 4.69) is 6.07 Å². The molecule has 0 radical (unpaired) electrons. The number of hydrogen-bond acceptors (Lipinski definition) is 2. The number of nitriles is 1.